The van der Waals surface area contributed by atoms with Gasteiger partial charge in [0.15, 0.2) is 0 Å². The summed E-state index contributed by atoms with van der Waals surface area (Å²) in [5, 5.41) is 3.59. The van der Waals surface area contributed by atoms with Gasteiger partial charge in [0.05, 0.1) is 23.8 Å². The molecule has 1 N–H and O–H groups in total. The minimum absolute atomic E-state index is 0.0612. The van der Waals surface area contributed by atoms with Crippen LogP contribution in [0, 0.1) is 13.8 Å². The zero-order chi connectivity index (χ0) is 30.0. The van der Waals surface area contributed by atoms with E-state index in [1.807, 2.05) is 62.4 Å². The van der Waals surface area contributed by atoms with Crippen LogP contribution in [0.15, 0.2) is 84.9 Å². The van der Waals surface area contributed by atoms with Crippen molar-refractivity contribution in [3.8, 4) is 22.6 Å². The number of ether oxygens (including phenoxy) is 3. The summed E-state index contributed by atoms with van der Waals surface area (Å²) in [4.78, 5) is 25.9. The fraction of sp³-hybridized carbons (Fsp3) is 0.222. The van der Waals surface area contributed by atoms with Crippen LogP contribution in [0.25, 0.3) is 16.7 Å². The topological polar surface area (TPSA) is 73.9 Å². The number of anilines is 1. The highest BCUT2D eigenvalue weighted by Gasteiger charge is 2.27. The third-order valence-electron chi connectivity index (χ3n) is 7.41. The molecule has 0 bridgehead atoms. The molecule has 0 amide bonds. The molecule has 6 heteroatoms. The van der Waals surface area contributed by atoms with Gasteiger partial charge in [-0.3, -0.25) is 0 Å². The minimum atomic E-state index is -0.435. The summed E-state index contributed by atoms with van der Waals surface area (Å²) in [7, 11) is 1.58. The van der Waals surface area contributed by atoms with E-state index in [9.17, 15) is 9.59 Å². The average Bonchev–Trinajstić information content (AvgIpc) is 2.95. The Morgan fingerprint density at radius 1 is 0.833 bits per heavy atom. The molecule has 0 fully saturated rings. The van der Waals surface area contributed by atoms with Crippen LogP contribution in [0.4, 0.5) is 5.69 Å². The van der Waals surface area contributed by atoms with Crippen LogP contribution in [-0.4, -0.2) is 24.6 Å². The monoisotopic (exact) mass is 561 g/mol. The highest BCUT2D eigenvalue weighted by atomic mass is 16.5. The molecule has 6 nitrogen and oxygen atoms in total. The summed E-state index contributed by atoms with van der Waals surface area (Å²) in [6, 6.07) is 24.0. The summed E-state index contributed by atoms with van der Waals surface area (Å²) < 4.78 is 17.4. The average molecular weight is 562 g/mol. The van der Waals surface area contributed by atoms with E-state index in [0.29, 0.717) is 22.6 Å². The number of benzene rings is 4. The Morgan fingerprint density at radius 2 is 1.55 bits per heavy atom. The van der Waals surface area contributed by atoms with Crippen molar-refractivity contribution in [2.75, 3.05) is 12.4 Å². The molecule has 1 aliphatic rings. The van der Waals surface area contributed by atoms with Gasteiger partial charge in [-0.15, -0.1) is 0 Å². The SMILES string of the molecule is COc1cc(OC(=O)c2ccccc2C)ccc1-c1ccc2c(c1COC(=O)c1ccc(C)cc1)C(C)=CC(C)(C)N2. The van der Waals surface area contributed by atoms with Gasteiger partial charge in [0.2, 0.25) is 0 Å². The van der Waals surface area contributed by atoms with Gasteiger partial charge in [0, 0.05) is 28.4 Å². The van der Waals surface area contributed by atoms with Crippen molar-refractivity contribution in [1.82, 2.24) is 0 Å². The van der Waals surface area contributed by atoms with E-state index < -0.39 is 11.9 Å². The number of fused-ring (bicyclic) bond motifs is 1. The normalized spacial score (nSPS) is 13.3. The van der Waals surface area contributed by atoms with Gasteiger partial charge in [-0.1, -0.05) is 48.0 Å². The molecule has 0 spiro atoms. The molecule has 0 saturated carbocycles. The van der Waals surface area contributed by atoms with E-state index in [-0.39, 0.29) is 12.1 Å². The van der Waals surface area contributed by atoms with Crippen LogP contribution in [0.1, 0.15) is 63.7 Å². The van der Waals surface area contributed by atoms with E-state index in [1.54, 1.807) is 37.4 Å². The van der Waals surface area contributed by atoms with Crippen molar-refractivity contribution in [3.63, 3.8) is 0 Å². The van der Waals surface area contributed by atoms with Gasteiger partial charge in [-0.05, 0) is 87.7 Å². The maximum Gasteiger partial charge on any atom is 0.343 e. The fourth-order valence-corrected chi connectivity index (χ4v) is 5.43. The summed E-state index contributed by atoms with van der Waals surface area (Å²) in [6.07, 6.45) is 2.18. The third-order valence-corrected chi connectivity index (χ3v) is 7.41. The Balaban J connectivity index is 1.53. The Labute approximate surface area is 247 Å². The zero-order valence-electron chi connectivity index (χ0n) is 24.8. The van der Waals surface area contributed by atoms with E-state index >= 15 is 0 Å². The first-order chi connectivity index (χ1) is 20.1. The molecular weight excluding hydrogens is 526 g/mol. The molecule has 4 aromatic carbocycles. The number of allylic oxidation sites excluding steroid dienone is 1. The number of hydrogen-bond acceptors (Lipinski definition) is 6. The number of carbonyl (C=O) groups excluding carboxylic acids is 2. The number of aryl methyl sites for hydroxylation is 2. The predicted octanol–water partition coefficient (Wildman–Crippen LogP) is 8.16. The van der Waals surface area contributed by atoms with Crippen molar-refractivity contribution >= 4 is 23.2 Å². The lowest BCUT2D eigenvalue weighted by atomic mass is 9.85. The molecule has 1 aliphatic heterocycles. The fourth-order valence-electron chi connectivity index (χ4n) is 5.43. The van der Waals surface area contributed by atoms with E-state index in [0.717, 1.165) is 44.6 Å². The molecule has 0 unspecified atom stereocenters. The Morgan fingerprint density at radius 3 is 2.26 bits per heavy atom. The van der Waals surface area contributed by atoms with Crippen LogP contribution in [0.2, 0.25) is 0 Å². The number of carbonyl (C=O) groups is 2. The highest BCUT2D eigenvalue weighted by molar-refractivity contribution is 5.93. The second kappa shape index (κ2) is 11.6. The standard InChI is InChI=1S/C36H35NO5/c1-22-11-13-25(14-12-22)34(38)41-21-30-28(17-18-31-33(30)24(3)20-36(4,5)37-31)29-16-15-26(19-32(29)40-6)42-35(39)27-10-8-7-9-23(27)2/h7-20,37H,21H2,1-6H3. The largest absolute Gasteiger partial charge is 0.496 e. The Hall–Kier alpha value is -4.84. The summed E-state index contributed by atoms with van der Waals surface area (Å²) in [5.74, 6) is 0.0695. The van der Waals surface area contributed by atoms with E-state index in [4.69, 9.17) is 14.2 Å². The van der Waals surface area contributed by atoms with Gasteiger partial charge in [0.25, 0.3) is 0 Å². The first-order valence-electron chi connectivity index (χ1n) is 13.9. The number of esters is 2. The summed E-state index contributed by atoms with van der Waals surface area (Å²) >= 11 is 0. The third kappa shape index (κ3) is 5.93. The number of rotatable bonds is 7. The van der Waals surface area contributed by atoms with Crippen molar-refractivity contribution in [2.45, 2.75) is 46.8 Å². The maximum atomic E-state index is 13.0. The van der Waals surface area contributed by atoms with Crippen molar-refractivity contribution < 1.29 is 23.8 Å². The van der Waals surface area contributed by atoms with Crippen LogP contribution in [-0.2, 0) is 11.3 Å². The Kier molecular flexibility index (Phi) is 7.90. The molecule has 0 saturated heterocycles. The van der Waals surface area contributed by atoms with Crippen LogP contribution in [0.3, 0.4) is 0 Å². The maximum absolute atomic E-state index is 13.0. The molecule has 5 rings (SSSR count). The van der Waals surface area contributed by atoms with Gasteiger partial charge in [0.1, 0.15) is 18.1 Å². The molecule has 0 aliphatic carbocycles. The van der Waals surface area contributed by atoms with Crippen LogP contribution >= 0.6 is 0 Å². The molecule has 0 aromatic heterocycles. The smallest absolute Gasteiger partial charge is 0.343 e. The lowest BCUT2D eigenvalue weighted by molar-refractivity contribution is 0.0473. The summed E-state index contributed by atoms with van der Waals surface area (Å²) in [6.45, 7) is 10.2. The van der Waals surface area contributed by atoms with Crippen molar-refractivity contribution in [3.05, 3.63) is 118 Å². The van der Waals surface area contributed by atoms with Gasteiger partial charge >= 0.3 is 11.9 Å². The highest BCUT2D eigenvalue weighted by Crippen LogP contribution is 2.43. The molecule has 42 heavy (non-hydrogen) atoms. The van der Waals surface area contributed by atoms with Crippen molar-refractivity contribution in [1.29, 1.82) is 0 Å². The van der Waals surface area contributed by atoms with E-state index in [2.05, 4.69) is 32.2 Å². The molecule has 4 aromatic rings. The molecular formula is C36H35NO5. The van der Waals surface area contributed by atoms with E-state index in [1.165, 1.54) is 0 Å². The lowest BCUT2D eigenvalue weighted by Crippen LogP contribution is -2.32. The minimum Gasteiger partial charge on any atom is -0.496 e. The second-order valence-electron chi connectivity index (χ2n) is 11.2. The van der Waals surface area contributed by atoms with Gasteiger partial charge < -0.3 is 19.5 Å². The first-order valence-corrected chi connectivity index (χ1v) is 13.9. The Bertz CT molecular complexity index is 1700. The number of nitrogens with one attached hydrogen (secondary N) is 1. The molecule has 214 valence electrons. The lowest BCUT2D eigenvalue weighted by Gasteiger charge is -2.33. The van der Waals surface area contributed by atoms with Gasteiger partial charge in [-0.2, -0.15) is 0 Å². The van der Waals surface area contributed by atoms with Crippen LogP contribution < -0.4 is 14.8 Å². The first kappa shape index (κ1) is 28.7. The predicted molar refractivity (Wildman–Crippen MR) is 166 cm³/mol. The summed E-state index contributed by atoms with van der Waals surface area (Å²) in [5.41, 5.74) is 8.21. The molecule has 0 atom stereocenters. The molecule has 0 radical (unpaired) electrons. The van der Waals surface area contributed by atoms with Crippen LogP contribution in [0.5, 0.6) is 11.5 Å². The number of hydrogen-bond donors (Lipinski definition) is 1. The van der Waals surface area contributed by atoms with Gasteiger partial charge in [-0.25, -0.2) is 9.59 Å². The quantitative estimate of drug-likeness (QED) is 0.181. The zero-order valence-corrected chi connectivity index (χ0v) is 24.8. The second-order valence-corrected chi connectivity index (χ2v) is 11.2. The molecule has 1 heterocycles. The van der Waals surface area contributed by atoms with Crippen molar-refractivity contribution in [2.24, 2.45) is 0 Å². The number of methoxy groups -OCH3 is 1.